The van der Waals surface area contributed by atoms with Gasteiger partial charge in [-0.1, -0.05) is 26.7 Å². The molecule has 1 saturated heterocycles. The summed E-state index contributed by atoms with van der Waals surface area (Å²) in [6.07, 6.45) is 5.92. The first kappa shape index (κ1) is 12.5. The highest BCUT2D eigenvalue weighted by molar-refractivity contribution is 5.78. The molecule has 0 spiro atoms. The van der Waals surface area contributed by atoms with Gasteiger partial charge >= 0.3 is 5.97 Å². The molecule has 0 aliphatic carbocycles. The summed E-state index contributed by atoms with van der Waals surface area (Å²) >= 11 is 0. The van der Waals surface area contributed by atoms with Crippen LogP contribution in [0.5, 0.6) is 0 Å². The number of rotatable bonds is 6. The van der Waals surface area contributed by atoms with Crippen molar-refractivity contribution in [2.75, 3.05) is 13.1 Å². The van der Waals surface area contributed by atoms with Crippen molar-refractivity contribution < 1.29 is 9.90 Å². The van der Waals surface area contributed by atoms with Crippen LogP contribution in [0.2, 0.25) is 0 Å². The molecular formula is C12H23NO2. The quantitative estimate of drug-likeness (QED) is 0.737. The molecule has 3 heteroatoms. The number of hydrogen-bond donors (Lipinski definition) is 1. The Labute approximate surface area is 92.5 Å². The molecule has 1 unspecified atom stereocenters. The van der Waals surface area contributed by atoms with Gasteiger partial charge in [-0.2, -0.15) is 0 Å². The molecule has 0 amide bonds. The molecule has 0 bridgehead atoms. The molecule has 0 saturated carbocycles. The van der Waals surface area contributed by atoms with E-state index in [-0.39, 0.29) is 0 Å². The van der Waals surface area contributed by atoms with Crippen molar-refractivity contribution in [3.05, 3.63) is 0 Å². The summed E-state index contributed by atoms with van der Waals surface area (Å²) in [6, 6.07) is 0. The summed E-state index contributed by atoms with van der Waals surface area (Å²) in [4.78, 5) is 13.7. The molecule has 1 N–H and O–H groups in total. The van der Waals surface area contributed by atoms with Crippen molar-refractivity contribution in [2.45, 2.75) is 57.9 Å². The highest BCUT2D eigenvalue weighted by atomic mass is 16.4. The van der Waals surface area contributed by atoms with Crippen LogP contribution < -0.4 is 0 Å². The van der Waals surface area contributed by atoms with Gasteiger partial charge in [0, 0.05) is 0 Å². The van der Waals surface area contributed by atoms with Crippen molar-refractivity contribution in [3.8, 4) is 0 Å². The van der Waals surface area contributed by atoms with Gasteiger partial charge in [-0.05, 0) is 38.8 Å². The normalized spacial score (nSPS) is 21.5. The first-order valence-electron chi connectivity index (χ1n) is 6.16. The fourth-order valence-electron chi connectivity index (χ4n) is 2.57. The molecule has 1 heterocycles. The molecule has 1 fully saturated rings. The third-order valence-electron chi connectivity index (χ3n) is 3.64. The lowest BCUT2D eigenvalue weighted by molar-refractivity contribution is -0.152. The number of aliphatic carboxylic acids is 1. The highest BCUT2D eigenvalue weighted by Crippen LogP contribution is 2.30. The number of carboxylic acids is 1. The Kier molecular flexibility index (Phi) is 4.58. The maximum Gasteiger partial charge on any atom is 0.324 e. The molecule has 0 radical (unpaired) electrons. The molecule has 1 aliphatic rings. The lowest BCUT2D eigenvalue weighted by atomic mass is 9.88. The Morgan fingerprint density at radius 3 is 2.33 bits per heavy atom. The molecule has 3 nitrogen and oxygen atoms in total. The Bertz CT molecular complexity index is 212. The van der Waals surface area contributed by atoms with Gasteiger partial charge in [0.1, 0.15) is 5.54 Å². The van der Waals surface area contributed by atoms with Crippen LogP contribution in [-0.2, 0) is 4.79 Å². The van der Waals surface area contributed by atoms with Gasteiger partial charge in [-0.3, -0.25) is 9.69 Å². The zero-order valence-corrected chi connectivity index (χ0v) is 9.96. The molecule has 88 valence electrons. The van der Waals surface area contributed by atoms with E-state index in [1.54, 1.807) is 0 Å². The Morgan fingerprint density at radius 1 is 1.33 bits per heavy atom. The van der Waals surface area contributed by atoms with Crippen molar-refractivity contribution >= 4 is 5.97 Å². The van der Waals surface area contributed by atoms with E-state index in [9.17, 15) is 9.90 Å². The second kappa shape index (κ2) is 5.50. The summed E-state index contributed by atoms with van der Waals surface area (Å²) in [5.41, 5.74) is -0.577. The Morgan fingerprint density at radius 2 is 1.93 bits per heavy atom. The number of carbonyl (C=O) groups is 1. The number of unbranched alkanes of at least 4 members (excludes halogenated alkanes) is 1. The molecule has 1 aliphatic heterocycles. The van der Waals surface area contributed by atoms with E-state index in [1.807, 2.05) is 6.92 Å². The molecule has 0 aromatic carbocycles. The Balaban J connectivity index is 2.76. The van der Waals surface area contributed by atoms with E-state index >= 15 is 0 Å². The van der Waals surface area contributed by atoms with E-state index in [0.717, 1.165) is 51.6 Å². The van der Waals surface area contributed by atoms with Gasteiger partial charge in [0.2, 0.25) is 0 Å². The first-order valence-corrected chi connectivity index (χ1v) is 6.16. The maximum atomic E-state index is 11.5. The summed E-state index contributed by atoms with van der Waals surface area (Å²) in [5.74, 6) is -0.625. The van der Waals surface area contributed by atoms with Crippen molar-refractivity contribution in [1.29, 1.82) is 0 Å². The SMILES string of the molecule is CCCCC(CC)(C(=O)O)N1CCCC1. The maximum absolute atomic E-state index is 11.5. The van der Waals surface area contributed by atoms with Crippen LogP contribution in [0.15, 0.2) is 0 Å². The minimum atomic E-state index is -0.625. The standard InChI is InChI=1S/C12H23NO2/c1-3-5-8-12(4-2,11(14)15)13-9-6-7-10-13/h3-10H2,1-2H3,(H,14,15). The van der Waals surface area contributed by atoms with E-state index < -0.39 is 11.5 Å². The van der Waals surface area contributed by atoms with Crippen LogP contribution in [0.3, 0.4) is 0 Å². The van der Waals surface area contributed by atoms with E-state index in [0.29, 0.717) is 0 Å². The lowest BCUT2D eigenvalue weighted by Gasteiger charge is -2.37. The number of nitrogens with zero attached hydrogens (tertiary/aromatic N) is 1. The topological polar surface area (TPSA) is 40.5 Å². The highest BCUT2D eigenvalue weighted by Gasteiger charge is 2.42. The van der Waals surface area contributed by atoms with Gasteiger partial charge in [0.05, 0.1) is 0 Å². The minimum absolute atomic E-state index is 0.577. The van der Waals surface area contributed by atoms with E-state index in [2.05, 4.69) is 11.8 Å². The minimum Gasteiger partial charge on any atom is -0.480 e. The predicted molar refractivity (Wildman–Crippen MR) is 61.0 cm³/mol. The predicted octanol–water partition coefficient (Wildman–Crippen LogP) is 2.51. The van der Waals surface area contributed by atoms with Crippen LogP contribution in [0.25, 0.3) is 0 Å². The van der Waals surface area contributed by atoms with Gasteiger partial charge in [-0.15, -0.1) is 0 Å². The van der Waals surface area contributed by atoms with Crippen LogP contribution in [-0.4, -0.2) is 34.6 Å². The smallest absolute Gasteiger partial charge is 0.324 e. The second-order valence-corrected chi connectivity index (χ2v) is 4.49. The van der Waals surface area contributed by atoms with Gasteiger partial charge < -0.3 is 5.11 Å². The molecule has 1 rings (SSSR count). The molecular weight excluding hydrogens is 190 g/mol. The molecule has 0 aromatic rings. The third-order valence-corrected chi connectivity index (χ3v) is 3.64. The summed E-state index contributed by atoms with van der Waals surface area (Å²) < 4.78 is 0. The van der Waals surface area contributed by atoms with Crippen molar-refractivity contribution in [2.24, 2.45) is 0 Å². The fraction of sp³-hybridized carbons (Fsp3) is 0.917. The van der Waals surface area contributed by atoms with Gasteiger partial charge in [0.25, 0.3) is 0 Å². The second-order valence-electron chi connectivity index (χ2n) is 4.49. The number of likely N-dealkylation sites (tertiary alicyclic amines) is 1. The zero-order chi connectivity index (χ0) is 11.3. The van der Waals surface area contributed by atoms with Gasteiger partial charge in [-0.25, -0.2) is 0 Å². The number of hydrogen-bond acceptors (Lipinski definition) is 2. The monoisotopic (exact) mass is 213 g/mol. The number of carboxylic acid groups (broad SMARTS) is 1. The van der Waals surface area contributed by atoms with Crippen LogP contribution in [0.1, 0.15) is 52.4 Å². The molecule has 0 aromatic heterocycles. The van der Waals surface area contributed by atoms with E-state index in [1.165, 1.54) is 0 Å². The lowest BCUT2D eigenvalue weighted by Crippen LogP contribution is -2.53. The fourth-order valence-corrected chi connectivity index (χ4v) is 2.57. The third kappa shape index (κ3) is 2.51. The van der Waals surface area contributed by atoms with Crippen LogP contribution in [0, 0.1) is 0 Å². The zero-order valence-electron chi connectivity index (χ0n) is 9.96. The van der Waals surface area contributed by atoms with E-state index in [4.69, 9.17) is 0 Å². The average molecular weight is 213 g/mol. The average Bonchev–Trinajstić information content (AvgIpc) is 2.73. The van der Waals surface area contributed by atoms with Gasteiger partial charge in [0.15, 0.2) is 0 Å². The first-order chi connectivity index (χ1) is 7.17. The van der Waals surface area contributed by atoms with Crippen LogP contribution >= 0.6 is 0 Å². The largest absolute Gasteiger partial charge is 0.480 e. The van der Waals surface area contributed by atoms with Crippen molar-refractivity contribution in [3.63, 3.8) is 0 Å². The Hall–Kier alpha value is -0.570. The molecule has 1 atom stereocenters. The summed E-state index contributed by atoms with van der Waals surface area (Å²) in [7, 11) is 0. The summed E-state index contributed by atoms with van der Waals surface area (Å²) in [6.45, 7) is 6.04. The van der Waals surface area contributed by atoms with Crippen LogP contribution in [0.4, 0.5) is 0 Å². The summed E-state index contributed by atoms with van der Waals surface area (Å²) in [5, 5.41) is 9.47. The molecule has 15 heavy (non-hydrogen) atoms. The van der Waals surface area contributed by atoms with Crippen molar-refractivity contribution in [1.82, 2.24) is 4.90 Å².